The second-order valence-electron chi connectivity index (χ2n) is 7.96. The lowest BCUT2D eigenvalue weighted by molar-refractivity contribution is 0.507. The molecule has 0 nitrogen and oxygen atoms in total. The summed E-state index contributed by atoms with van der Waals surface area (Å²) >= 11 is 0. The van der Waals surface area contributed by atoms with Gasteiger partial charge in [0.05, 0.1) is 0 Å². The van der Waals surface area contributed by atoms with Crippen LogP contribution in [0.15, 0.2) is 42.0 Å². The van der Waals surface area contributed by atoms with Crippen LogP contribution in [-0.4, -0.2) is 0 Å². The summed E-state index contributed by atoms with van der Waals surface area (Å²) in [6.45, 7) is 15.2. The highest BCUT2D eigenvalue weighted by molar-refractivity contribution is 14.0. The topological polar surface area (TPSA) is 0 Å². The molecule has 1 unspecified atom stereocenters. The number of hydrogen-bond donors (Lipinski definition) is 0. The van der Waals surface area contributed by atoms with Crippen molar-refractivity contribution in [3.63, 3.8) is 0 Å². The first-order chi connectivity index (χ1) is 11.4. The van der Waals surface area contributed by atoms with Gasteiger partial charge in [-0.1, -0.05) is 83.5 Å². The lowest BCUT2D eigenvalue weighted by Gasteiger charge is -2.23. The van der Waals surface area contributed by atoms with Crippen LogP contribution >= 0.6 is 24.0 Å². The molecule has 0 spiro atoms. The van der Waals surface area contributed by atoms with E-state index in [-0.39, 0.29) is 24.0 Å². The van der Waals surface area contributed by atoms with E-state index in [1.165, 1.54) is 43.2 Å². The van der Waals surface area contributed by atoms with Crippen molar-refractivity contribution in [3.8, 4) is 0 Å². The van der Waals surface area contributed by atoms with Crippen LogP contribution in [0.1, 0.15) is 77.5 Å². The Labute approximate surface area is 174 Å². The van der Waals surface area contributed by atoms with Crippen molar-refractivity contribution in [2.45, 2.75) is 80.6 Å². The maximum absolute atomic E-state index is 2.37. The fourth-order valence-corrected chi connectivity index (χ4v) is 3.15. The highest BCUT2D eigenvalue weighted by Gasteiger charge is 2.16. The first-order valence-electron chi connectivity index (χ1n) is 9.83. The van der Waals surface area contributed by atoms with E-state index in [0.717, 1.165) is 5.92 Å². The molecule has 0 fully saturated rings. The Morgan fingerprint density at radius 1 is 0.960 bits per heavy atom. The standard InChI is InChI=1S/C11H14.C11H18.C2H6.HI/c1-9-6-7-10-4-2-3-5-11(10)8-9;1-9-5-7-10(8-6-9)11(2,3)4;1-2;/h6-8H,2-5H2,1H3;5,7-9H,6H2,1-4H3;1-2H3;1H. The van der Waals surface area contributed by atoms with E-state index in [4.69, 9.17) is 0 Å². The van der Waals surface area contributed by atoms with E-state index < -0.39 is 0 Å². The van der Waals surface area contributed by atoms with Crippen LogP contribution in [0.2, 0.25) is 0 Å². The Balaban J connectivity index is 0.000000405. The average molecular weight is 454 g/mol. The van der Waals surface area contributed by atoms with E-state index in [1.54, 1.807) is 11.1 Å². The third-order valence-corrected chi connectivity index (χ3v) is 4.68. The molecule has 0 aromatic heterocycles. The second-order valence-corrected chi connectivity index (χ2v) is 7.96. The van der Waals surface area contributed by atoms with Crippen LogP contribution in [0.3, 0.4) is 0 Å². The van der Waals surface area contributed by atoms with Gasteiger partial charge in [0.25, 0.3) is 0 Å². The predicted molar refractivity (Wildman–Crippen MR) is 125 cm³/mol. The lowest BCUT2D eigenvalue weighted by Crippen LogP contribution is -2.10. The van der Waals surface area contributed by atoms with Crippen molar-refractivity contribution in [2.75, 3.05) is 0 Å². The lowest BCUT2D eigenvalue weighted by atomic mass is 9.82. The molecule has 3 rings (SSSR count). The molecule has 0 saturated heterocycles. The van der Waals surface area contributed by atoms with Gasteiger partial charge in [0.1, 0.15) is 0 Å². The van der Waals surface area contributed by atoms with Gasteiger partial charge < -0.3 is 0 Å². The van der Waals surface area contributed by atoms with Gasteiger partial charge in [0.15, 0.2) is 0 Å². The first kappa shape index (κ1) is 24.4. The molecule has 2 aliphatic carbocycles. The molecule has 0 N–H and O–H groups in total. The van der Waals surface area contributed by atoms with Crippen molar-refractivity contribution in [3.05, 3.63) is 58.7 Å². The van der Waals surface area contributed by atoms with E-state index in [2.05, 4.69) is 71.0 Å². The number of benzene rings is 1. The number of allylic oxidation sites excluding steroid dienone is 4. The van der Waals surface area contributed by atoms with Crippen molar-refractivity contribution in [1.29, 1.82) is 0 Å². The van der Waals surface area contributed by atoms with Crippen molar-refractivity contribution in [1.82, 2.24) is 0 Å². The van der Waals surface area contributed by atoms with Crippen molar-refractivity contribution < 1.29 is 0 Å². The monoisotopic (exact) mass is 454 g/mol. The van der Waals surface area contributed by atoms with Crippen molar-refractivity contribution in [2.24, 2.45) is 11.3 Å². The summed E-state index contributed by atoms with van der Waals surface area (Å²) in [6.07, 6.45) is 13.5. The number of fused-ring (bicyclic) bond motifs is 1. The number of hydrogen-bond acceptors (Lipinski definition) is 0. The fraction of sp³-hybridized carbons (Fsp3) is 0.583. The maximum Gasteiger partial charge on any atom is -0.0135 e. The largest absolute Gasteiger partial charge is 0.107 e. The summed E-state index contributed by atoms with van der Waals surface area (Å²) in [5.41, 5.74) is 6.40. The molecule has 1 heteroatoms. The summed E-state index contributed by atoms with van der Waals surface area (Å²) in [4.78, 5) is 0. The number of rotatable bonds is 0. The van der Waals surface area contributed by atoms with Gasteiger partial charge in [-0.15, -0.1) is 24.0 Å². The van der Waals surface area contributed by atoms with E-state index in [1.807, 2.05) is 13.8 Å². The molecule has 0 heterocycles. The van der Waals surface area contributed by atoms with Gasteiger partial charge in [0, 0.05) is 0 Å². The molecule has 0 bridgehead atoms. The summed E-state index contributed by atoms with van der Waals surface area (Å²) in [5.74, 6) is 0.737. The van der Waals surface area contributed by atoms with Gasteiger partial charge >= 0.3 is 0 Å². The van der Waals surface area contributed by atoms with Crippen LogP contribution in [0.4, 0.5) is 0 Å². The summed E-state index contributed by atoms with van der Waals surface area (Å²) in [6, 6.07) is 6.86. The Bertz CT molecular complexity index is 558. The van der Waals surface area contributed by atoms with Crippen LogP contribution in [0.25, 0.3) is 0 Å². The summed E-state index contributed by atoms with van der Waals surface area (Å²) in [5, 5.41) is 0. The molecule has 25 heavy (non-hydrogen) atoms. The zero-order valence-electron chi connectivity index (χ0n) is 17.5. The minimum Gasteiger partial charge on any atom is -0.107 e. The quantitative estimate of drug-likeness (QED) is 0.348. The third-order valence-electron chi connectivity index (χ3n) is 4.68. The minimum absolute atomic E-state index is 0. The second kappa shape index (κ2) is 11.9. The SMILES string of the molecule is CC.CC1C=CC(C(C)(C)C)=CC1.Cc1ccc2c(c1)CCCC2.I. The van der Waals surface area contributed by atoms with Gasteiger partial charge in [-0.25, -0.2) is 0 Å². The highest BCUT2D eigenvalue weighted by atomic mass is 127. The van der Waals surface area contributed by atoms with E-state index in [9.17, 15) is 0 Å². The molecule has 0 radical (unpaired) electrons. The first-order valence-corrected chi connectivity index (χ1v) is 9.83. The van der Waals surface area contributed by atoms with Gasteiger partial charge in [-0.3, -0.25) is 0 Å². The highest BCUT2D eigenvalue weighted by Crippen LogP contribution is 2.30. The predicted octanol–water partition coefficient (Wildman–Crippen LogP) is 8.07. The summed E-state index contributed by atoms with van der Waals surface area (Å²) in [7, 11) is 0. The third kappa shape index (κ3) is 8.57. The Morgan fingerprint density at radius 2 is 1.56 bits per heavy atom. The normalized spacial score (nSPS) is 18.4. The zero-order valence-corrected chi connectivity index (χ0v) is 19.8. The number of halogens is 1. The van der Waals surface area contributed by atoms with E-state index >= 15 is 0 Å². The number of aryl methyl sites for hydroxylation is 3. The molecule has 0 amide bonds. The minimum atomic E-state index is 0. The maximum atomic E-state index is 2.37. The smallest absolute Gasteiger partial charge is 0.0135 e. The molecule has 1 aromatic carbocycles. The van der Waals surface area contributed by atoms with Crippen molar-refractivity contribution >= 4 is 24.0 Å². The molecule has 2 aliphatic rings. The van der Waals surface area contributed by atoms with Gasteiger partial charge in [-0.2, -0.15) is 0 Å². The molecular weight excluding hydrogens is 415 g/mol. The fourth-order valence-electron chi connectivity index (χ4n) is 3.15. The summed E-state index contributed by atoms with van der Waals surface area (Å²) < 4.78 is 0. The Morgan fingerprint density at radius 3 is 2.08 bits per heavy atom. The molecule has 0 saturated carbocycles. The van der Waals surface area contributed by atoms with Crippen LogP contribution < -0.4 is 0 Å². The molecular formula is C24H39I. The molecule has 142 valence electrons. The van der Waals surface area contributed by atoms with Crippen LogP contribution in [-0.2, 0) is 12.8 Å². The van der Waals surface area contributed by atoms with E-state index in [0.29, 0.717) is 5.41 Å². The molecule has 0 aliphatic heterocycles. The molecule has 1 atom stereocenters. The zero-order chi connectivity index (χ0) is 18.2. The molecule has 1 aromatic rings. The van der Waals surface area contributed by atoms with Crippen LogP contribution in [0.5, 0.6) is 0 Å². The van der Waals surface area contributed by atoms with Crippen LogP contribution in [0, 0.1) is 18.3 Å². The van der Waals surface area contributed by atoms with Gasteiger partial charge in [0.2, 0.25) is 0 Å². The average Bonchev–Trinajstić information content (AvgIpc) is 2.57. The Hall–Kier alpha value is -0.570. The Kier molecular flexibility index (Phi) is 11.7. The van der Waals surface area contributed by atoms with Gasteiger partial charge in [-0.05, 0) is 67.1 Å².